The number of benzene rings is 1. The van der Waals surface area contributed by atoms with Gasteiger partial charge in [0.15, 0.2) is 0 Å². The maximum Gasteiger partial charge on any atom is 0.231 e. The lowest BCUT2D eigenvalue weighted by atomic mass is 10.2. The van der Waals surface area contributed by atoms with Crippen LogP contribution < -0.4 is 5.32 Å². The van der Waals surface area contributed by atoms with Crippen LogP contribution >= 0.6 is 11.6 Å². The molecule has 17 heavy (non-hydrogen) atoms. The number of amides is 1. The van der Waals surface area contributed by atoms with Crippen LogP contribution in [0.2, 0.25) is 0 Å². The number of ketones is 1. The van der Waals surface area contributed by atoms with Gasteiger partial charge in [0.25, 0.3) is 0 Å². The van der Waals surface area contributed by atoms with Gasteiger partial charge in [0.1, 0.15) is 5.78 Å². The van der Waals surface area contributed by atoms with Crippen LogP contribution in [0.5, 0.6) is 0 Å². The van der Waals surface area contributed by atoms with Crippen molar-refractivity contribution >= 4 is 29.0 Å². The third-order valence-electron chi connectivity index (χ3n) is 1.88. The third kappa shape index (κ3) is 5.19. The number of Topliss-reactive ketones (excluding diaryl/α,β-unsaturated/α-hetero) is 1. The van der Waals surface area contributed by atoms with E-state index in [-0.39, 0.29) is 24.0 Å². The molecule has 1 rings (SSSR count). The zero-order valence-electron chi connectivity index (χ0n) is 9.42. The maximum absolute atomic E-state index is 11.3. The molecule has 0 aliphatic heterocycles. The number of carbonyl (C=O) groups excluding carboxylic acids is 2. The van der Waals surface area contributed by atoms with Gasteiger partial charge in [-0.2, -0.15) is 0 Å². The quantitative estimate of drug-likeness (QED) is 0.507. The van der Waals surface area contributed by atoms with Crippen LogP contribution in [-0.2, 0) is 9.59 Å². The SMILES string of the molecule is CC(=O)CC(=O)Nc1ccc(C#CCCl)cc1. The lowest BCUT2D eigenvalue weighted by Crippen LogP contribution is -2.14. The minimum absolute atomic E-state index is 0.103. The molecule has 0 atom stereocenters. The summed E-state index contributed by atoms with van der Waals surface area (Å²) in [5.41, 5.74) is 1.47. The van der Waals surface area contributed by atoms with Crippen LogP contribution in [0.25, 0.3) is 0 Å². The summed E-state index contributed by atoms with van der Waals surface area (Å²) >= 11 is 5.44. The molecule has 3 nitrogen and oxygen atoms in total. The summed E-state index contributed by atoms with van der Waals surface area (Å²) in [4.78, 5) is 22.0. The van der Waals surface area contributed by atoms with Crippen molar-refractivity contribution in [3.8, 4) is 11.8 Å². The van der Waals surface area contributed by atoms with Gasteiger partial charge >= 0.3 is 0 Å². The lowest BCUT2D eigenvalue weighted by Gasteiger charge is -2.03. The molecule has 0 saturated carbocycles. The Morgan fingerprint density at radius 3 is 2.47 bits per heavy atom. The van der Waals surface area contributed by atoms with Gasteiger partial charge < -0.3 is 5.32 Å². The standard InChI is InChI=1S/C13H12ClNO2/c1-10(16)9-13(17)15-12-6-4-11(5-7-12)3-2-8-14/h4-7H,8-9H2,1H3,(H,15,17). The first-order valence-corrected chi connectivity index (χ1v) is 5.59. The molecular formula is C13H12ClNO2. The van der Waals surface area contributed by atoms with Gasteiger partial charge in [0.2, 0.25) is 5.91 Å². The number of carbonyl (C=O) groups is 2. The van der Waals surface area contributed by atoms with Crippen molar-refractivity contribution in [2.45, 2.75) is 13.3 Å². The summed E-state index contributed by atoms with van der Waals surface area (Å²) in [5.74, 6) is 5.41. The molecule has 4 heteroatoms. The second-order valence-corrected chi connectivity index (χ2v) is 3.71. The van der Waals surface area contributed by atoms with Gasteiger partial charge in [-0.1, -0.05) is 11.8 Å². The molecule has 0 aromatic heterocycles. The highest BCUT2D eigenvalue weighted by molar-refractivity contribution is 6.19. The second kappa shape index (κ2) is 6.72. The molecule has 1 amide bonds. The number of halogens is 1. The number of hydrogen-bond acceptors (Lipinski definition) is 2. The molecule has 1 N–H and O–H groups in total. The molecule has 88 valence electrons. The Kier molecular flexibility index (Phi) is 5.25. The smallest absolute Gasteiger partial charge is 0.231 e. The maximum atomic E-state index is 11.3. The highest BCUT2D eigenvalue weighted by atomic mass is 35.5. The van der Waals surface area contributed by atoms with Crippen molar-refractivity contribution in [3.63, 3.8) is 0 Å². The van der Waals surface area contributed by atoms with Gasteiger partial charge in [-0.15, -0.1) is 11.6 Å². The normalized spacial score (nSPS) is 9.06. The first kappa shape index (κ1) is 13.3. The van der Waals surface area contributed by atoms with E-state index in [1.54, 1.807) is 24.3 Å². The van der Waals surface area contributed by atoms with E-state index in [2.05, 4.69) is 17.2 Å². The highest BCUT2D eigenvalue weighted by Crippen LogP contribution is 2.09. The number of hydrogen-bond donors (Lipinski definition) is 1. The summed E-state index contributed by atoms with van der Waals surface area (Å²) < 4.78 is 0. The molecule has 0 aliphatic carbocycles. The third-order valence-corrected chi connectivity index (χ3v) is 2.01. The second-order valence-electron chi connectivity index (χ2n) is 3.44. The van der Waals surface area contributed by atoms with Crippen LogP contribution in [0.15, 0.2) is 24.3 Å². The largest absolute Gasteiger partial charge is 0.326 e. The molecule has 0 spiro atoms. The van der Waals surface area contributed by atoms with Crippen LogP contribution in [0.4, 0.5) is 5.69 Å². The number of nitrogens with one attached hydrogen (secondary N) is 1. The topological polar surface area (TPSA) is 46.2 Å². The van der Waals surface area contributed by atoms with Gasteiger partial charge in [-0.25, -0.2) is 0 Å². The fourth-order valence-electron chi connectivity index (χ4n) is 1.20. The summed E-state index contributed by atoms with van der Waals surface area (Å²) in [5, 5.41) is 2.62. The molecule has 0 saturated heterocycles. The van der Waals surface area contributed by atoms with Crippen molar-refractivity contribution in [2.24, 2.45) is 0 Å². The Morgan fingerprint density at radius 1 is 1.29 bits per heavy atom. The molecule has 0 unspecified atom stereocenters. The van der Waals surface area contributed by atoms with E-state index in [0.29, 0.717) is 5.69 Å². The molecule has 0 aliphatic rings. The van der Waals surface area contributed by atoms with E-state index in [1.807, 2.05) is 0 Å². The molecule has 0 fully saturated rings. The zero-order valence-corrected chi connectivity index (χ0v) is 10.2. The molecule has 0 heterocycles. The summed E-state index contributed by atoms with van der Waals surface area (Å²) in [6.45, 7) is 1.38. The highest BCUT2D eigenvalue weighted by Gasteiger charge is 2.04. The van der Waals surface area contributed by atoms with E-state index in [9.17, 15) is 9.59 Å². The molecule has 1 aromatic carbocycles. The Balaban J connectivity index is 2.62. The van der Waals surface area contributed by atoms with Crippen molar-refractivity contribution in [1.82, 2.24) is 0 Å². The van der Waals surface area contributed by atoms with Crippen LogP contribution in [0, 0.1) is 11.8 Å². The van der Waals surface area contributed by atoms with Crippen molar-refractivity contribution in [2.75, 3.05) is 11.2 Å². The summed E-state index contributed by atoms with van der Waals surface area (Å²) in [7, 11) is 0. The fraction of sp³-hybridized carbons (Fsp3) is 0.231. The minimum atomic E-state index is -0.308. The van der Waals surface area contributed by atoms with E-state index in [1.165, 1.54) is 6.92 Å². The first-order chi connectivity index (χ1) is 8.11. The Labute approximate surface area is 105 Å². The Morgan fingerprint density at radius 2 is 1.94 bits per heavy atom. The minimum Gasteiger partial charge on any atom is -0.326 e. The fourth-order valence-corrected chi connectivity index (χ4v) is 1.27. The number of rotatable bonds is 3. The van der Waals surface area contributed by atoms with Crippen LogP contribution in [0.3, 0.4) is 0 Å². The van der Waals surface area contributed by atoms with E-state index in [0.717, 1.165) is 5.56 Å². The average Bonchev–Trinajstić information content (AvgIpc) is 2.27. The summed E-state index contributed by atoms with van der Waals surface area (Å²) in [6.07, 6.45) is -0.103. The average molecular weight is 250 g/mol. The molecular weight excluding hydrogens is 238 g/mol. The van der Waals surface area contributed by atoms with Gasteiger partial charge in [-0.3, -0.25) is 9.59 Å². The van der Waals surface area contributed by atoms with Crippen LogP contribution in [-0.4, -0.2) is 17.6 Å². The van der Waals surface area contributed by atoms with Crippen LogP contribution in [0.1, 0.15) is 18.9 Å². The van der Waals surface area contributed by atoms with E-state index < -0.39 is 0 Å². The Hall–Kier alpha value is -1.79. The molecule has 1 aromatic rings. The van der Waals surface area contributed by atoms with E-state index in [4.69, 9.17) is 11.6 Å². The van der Waals surface area contributed by atoms with Crippen molar-refractivity contribution in [3.05, 3.63) is 29.8 Å². The van der Waals surface area contributed by atoms with Crippen molar-refractivity contribution < 1.29 is 9.59 Å². The van der Waals surface area contributed by atoms with Gasteiger partial charge in [0.05, 0.1) is 12.3 Å². The predicted molar refractivity (Wildman–Crippen MR) is 68.0 cm³/mol. The zero-order chi connectivity index (χ0) is 12.7. The van der Waals surface area contributed by atoms with E-state index >= 15 is 0 Å². The monoisotopic (exact) mass is 249 g/mol. The summed E-state index contributed by atoms with van der Waals surface area (Å²) in [6, 6.07) is 7.03. The van der Waals surface area contributed by atoms with Gasteiger partial charge in [0, 0.05) is 11.3 Å². The number of anilines is 1. The first-order valence-electron chi connectivity index (χ1n) is 5.06. The predicted octanol–water partition coefficient (Wildman–Crippen LogP) is 2.19. The van der Waals surface area contributed by atoms with Crippen molar-refractivity contribution in [1.29, 1.82) is 0 Å². The van der Waals surface area contributed by atoms with Gasteiger partial charge in [-0.05, 0) is 31.2 Å². The molecule has 0 radical (unpaired) electrons. The number of alkyl halides is 1. The Bertz CT molecular complexity index is 468. The molecule has 0 bridgehead atoms. The lowest BCUT2D eigenvalue weighted by molar-refractivity contribution is -0.124.